The number of piperidine rings is 1. The summed E-state index contributed by atoms with van der Waals surface area (Å²) in [5.74, 6) is -0.303. The molecule has 1 aliphatic rings. The van der Waals surface area contributed by atoms with Crippen molar-refractivity contribution in [3.63, 3.8) is 0 Å². The number of nitrogens with zero attached hydrogens (tertiary/aromatic N) is 2. The summed E-state index contributed by atoms with van der Waals surface area (Å²) in [6.45, 7) is 3.15. The lowest BCUT2D eigenvalue weighted by atomic mass is 9.82. The van der Waals surface area contributed by atoms with E-state index in [1.54, 1.807) is 11.0 Å². The monoisotopic (exact) mass is 302 g/mol. The van der Waals surface area contributed by atoms with Crippen LogP contribution in [0.25, 0.3) is 10.1 Å². The highest BCUT2D eigenvalue weighted by Gasteiger charge is 2.32. The predicted molar refractivity (Wildman–Crippen MR) is 80.6 cm³/mol. The Morgan fingerprint density at radius 3 is 2.76 bits per heavy atom. The second-order valence-corrected chi connectivity index (χ2v) is 6.84. The SMILES string of the molecule is CC1(C#N)CCN(C(=O)c2cc3ccc(F)cc3s2)CC1. The number of rotatable bonds is 1. The number of benzene rings is 1. The van der Waals surface area contributed by atoms with Crippen LogP contribution in [-0.2, 0) is 0 Å². The quantitative estimate of drug-likeness (QED) is 0.804. The standard InChI is InChI=1S/C16H15FN2OS/c1-16(10-18)4-6-19(7-5-16)15(20)14-8-11-2-3-12(17)9-13(11)21-14/h2-3,8-9H,4-7H2,1H3. The lowest BCUT2D eigenvalue weighted by molar-refractivity contribution is 0.0666. The molecular weight excluding hydrogens is 287 g/mol. The van der Waals surface area contributed by atoms with Gasteiger partial charge in [0.15, 0.2) is 0 Å². The third-order valence-corrected chi connectivity index (χ3v) is 5.20. The number of hydrogen-bond acceptors (Lipinski definition) is 3. The van der Waals surface area contributed by atoms with E-state index >= 15 is 0 Å². The number of carbonyl (C=O) groups excluding carboxylic acids is 1. The molecule has 0 N–H and O–H groups in total. The smallest absolute Gasteiger partial charge is 0.263 e. The molecule has 1 fully saturated rings. The minimum absolute atomic E-state index is 0.0170. The van der Waals surface area contributed by atoms with E-state index in [0.29, 0.717) is 30.8 Å². The molecule has 0 radical (unpaired) electrons. The lowest BCUT2D eigenvalue weighted by Crippen LogP contribution is -2.41. The van der Waals surface area contributed by atoms with Crippen molar-refractivity contribution in [2.24, 2.45) is 5.41 Å². The summed E-state index contributed by atoms with van der Waals surface area (Å²) in [6.07, 6.45) is 1.41. The summed E-state index contributed by atoms with van der Waals surface area (Å²) < 4.78 is 14.0. The Kier molecular flexibility index (Phi) is 3.42. The van der Waals surface area contributed by atoms with Crippen molar-refractivity contribution in [3.8, 4) is 6.07 Å². The van der Waals surface area contributed by atoms with Gasteiger partial charge in [0, 0.05) is 17.8 Å². The molecule has 0 atom stereocenters. The highest BCUT2D eigenvalue weighted by atomic mass is 32.1. The van der Waals surface area contributed by atoms with Crippen molar-refractivity contribution < 1.29 is 9.18 Å². The molecule has 5 heteroatoms. The van der Waals surface area contributed by atoms with E-state index < -0.39 is 0 Å². The van der Waals surface area contributed by atoms with E-state index in [4.69, 9.17) is 5.26 Å². The van der Waals surface area contributed by atoms with Crippen LogP contribution >= 0.6 is 11.3 Å². The molecule has 1 saturated heterocycles. The Hall–Kier alpha value is -1.93. The zero-order valence-corrected chi connectivity index (χ0v) is 12.5. The van der Waals surface area contributed by atoms with Gasteiger partial charge in [0.2, 0.25) is 0 Å². The molecular formula is C16H15FN2OS. The molecule has 1 amide bonds. The molecule has 0 spiro atoms. The molecule has 2 aromatic rings. The van der Waals surface area contributed by atoms with Gasteiger partial charge in [0.1, 0.15) is 5.82 Å². The van der Waals surface area contributed by atoms with Gasteiger partial charge < -0.3 is 4.90 Å². The number of thiophene rings is 1. The summed E-state index contributed by atoms with van der Waals surface area (Å²) in [4.78, 5) is 14.9. The van der Waals surface area contributed by atoms with E-state index in [-0.39, 0.29) is 17.1 Å². The molecule has 1 aromatic heterocycles. The van der Waals surface area contributed by atoms with Crippen LogP contribution in [0.15, 0.2) is 24.3 Å². The molecule has 1 aromatic carbocycles. The van der Waals surface area contributed by atoms with Crippen LogP contribution < -0.4 is 0 Å². The molecule has 3 nitrogen and oxygen atoms in total. The maximum absolute atomic E-state index is 13.2. The summed E-state index contributed by atoms with van der Waals surface area (Å²) >= 11 is 1.32. The van der Waals surface area contributed by atoms with E-state index in [1.807, 2.05) is 13.0 Å². The number of nitriles is 1. The zero-order chi connectivity index (χ0) is 15.0. The molecule has 0 unspecified atom stereocenters. The number of halogens is 1. The van der Waals surface area contributed by atoms with E-state index in [2.05, 4.69) is 6.07 Å². The summed E-state index contributed by atoms with van der Waals surface area (Å²) in [7, 11) is 0. The maximum atomic E-state index is 13.2. The fraction of sp³-hybridized carbons (Fsp3) is 0.375. The van der Waals surface area contributed by atoms with Crippen LogP contribution in [0, 0.1) is 22.6 Å². The van der Waals surface area contributed by atoms with Gasteiger partial charge in [-0.25, -0.2) is 4.39 Å². The van der Waals surface area contributed by atoms with Gasteiger partial charge in [-0.05, 0) is 43.4 Å². The number of carbonyl (C=O) groups is 1. The third-order valence-electron chi connectivity index (χ3n) is 4.12. The van der Waals surface area contributed by atoms with Crippen molar-refractivity contribution in [3.05, 3.63) is 35.0 Å². The normalized spacial score (nSPS) is 17.7. The van der Waals surface area contributed by atoms with Gasteiger partial charge in [-0.3, -0.25) is 4.79 Å². The second-order valence-electron chi connectivity index (χ2n) is 5.76. The van der Waals surface area contributed by atoms with Crippen LogP contribution in [0.3, 0.4) is 0 Å². The maximum Gasteiger partial charge on any atom is 0.263 e. The second kappa shape index (κ2) is 5.12. The van der Waals surface area contributed by atoms with E-state index in [0.717, 1.165) is 10.1 Å². The van der Waals surface area contributed by atoms with Crippen LogP contribution in [0.4, 0.5) is 4.39 Å². The molecule has 21 heavy (non-hydrogen) atoms. The zero-order valence-electron chi connectivity index (χ0n) is 11.7. The Balaban J connectivity index is 1.80. The Morgan fingerprint density at radius 2 is 2.10 bits per heavy atom. The van der Waals surface area contributed by atoms with Gasteiger partial charge in [-0.1, -0.05) is 6.07 Å². The van der Waals surface area contributed by atoms with Crippen molar-refractivity contribution >= 4 is 27.3 Å². The average Bonchev–Trinajstić information content (AvgIpc) is 2.90. The molecule has 0 saturated carbocycles. The number of hydrogen-bond donors (Lipinski definition) is 0. The fourth-order valence-corrected chi connectivity index (χ4v) is 3.64. The average molecular weight is 302 g/mol. The van der Waals surface area contributed by atoms with Gasteiger partial charge in [0.05, 0.1) is 16.4 Å². The van der Waals surface area contributed by atoms with Gasteiger partial charge in [-0.2, -0.15) is 5.26 Å². The van der Waals surface area contributed by atoms with Crippen molar-refractivity contribution in [1.82, 2.24) is 4.90 Å². The van der Waals surface area contributed by atoms with Gasteiger partial charge >= 0.3 is 0 Å². The first-order chi connectivity index (χ1) is 10.0. The molecule has 0 aliphatic carbocycles. The Morgan fingerprint density at radius 1 is 1.38 bits per heavy atom. The van der Waals surface area contributed by atoms with Crippen LogP contribution in [0.5, 0.6) is 0 Å². The summed E-state index contributed by atoms with van der Waals surface area (Å²) in [5, 5.41) is 10.0. The predicted octanol–water partition coefficient (Wildman–Crippen LogP) is 3.81. The summed E-state index contributed by atoms with van der Waals surface area (Å²) in [6, 6.07) is 8.71. The first-order valence-electron chi connectivity index (χ1n) is 6.90. The van der Waals surface area contributed by atoms with Crippen LogP contribution in [0.2, 0.25) is 0 Å². The van der Waals surface area contributed by atoms with Gasteiger partial charge in [-0.15, -0.1) is 11.3 Å². The number of fused-ring (bicyclic) bond motifs is 1. The molecule has 2 heterocycles. The first kappa shape index (κ1) is 14.0. The van der Waals surface area contributed by atoms with E-state index in [9.17, 15) is 9.18 Å². The number of likely N-dealkylation sites (tertiary alicyclic amines) is 1. The van der Waals surface area contributed by atoms with E-state index in [1.165, 1.54) is 23.5 Å². The largest absolute Gasteiger partial charge is 0.338 e. The molecule has 0 bridgehead atoms. The van der Waals surface area contributed by atoms with Crippen LogP contribution in [0.1, 0.15) is 29.4 Å². The Labute approximate surface area is 126 Å². The Bertz CT molecular complexity index is 738. The molecule has 1 aliphatic heterocycles. The fourth-order valence-electron chi connectivity index (χ4n) is 2.58. The van der Waals surface area contributed by atoms with Crippen molar-refractivity contribution in [2.45, 2.75) is 19.8 Å². The van der Waals surface area contributed by atoms with Crippen molar-refractivity contribution in [2.75, 3.05) is 13.1 Å². The van der Waals surface area contributed by atoms with Crippen LogP contribution in [-0.4, -0.2) is 23.9 Å². The minimum Gasteiger partial charge on any atom is -0.338 e. The molecule has 3 rings (SSSR count). The van der Waals surface area contributed by atoms with Crippen molar-refractivity contribution in [1.29, 1.82) is 5.26 Å². The third kappa shape index (κ3) is 2.64. The first-order valence-corrected chi connectivity index (χ1v) is 7.72. The highest BCUT2D eigenvalue weighted by Crippen LogP contribution is 2.32. The topological polar surface area (TPSA) is 44.1 Å². The number of amides is 1. The lowest BCUT2D eigenvalue weighted by Gasteiger charge is -2.34. The highest BCUT2D eigenvalue weighted by molar-refractivity contribution is 7.20. The minimum atomic E-state index is -0.319. The van der Waals surface area contributed by atoms with Gasteiger partial charge in [0.25, 0.3) is 5.91 Å². The molecule has 108 valence electrons. The summed E-state index contributed by atoms with van der Waals surface area (Å²) in [5.41, 5.74) is -0.319.